The van der Waals surface area contributed by atoms with E-state index in [0.29, 0.717) is 0 Å². The van der Waals surface area contributed by atoms with Crippen molar-refractivity contribution < 1.29 is 17.9 Å². The molecule has 116 valence electrons. The molecule has 0 radical (unpaired) electrons. The van der Waals surface area contributed by atoms with Gasteiger partial charge in [0.25, 0.3) is 5.91 Å². The molecule has 8 heteroatoms. The Kier molecular flexibility index (Phi) is 5.07. The molecule has 1 amide bonds. The quantitative estimate of drug-likeness (QED) is 0.621. The van der Waals surface area contributed by atoms with Crippen molar-refractivity contribution in [3.8, 4) is 0 Å². The van der Waals surface area contributed by atoms with Crippen LogP contribution in [0.5, 0.6) is 0 Å². The summed E-state index contributed by atoms with van der Waals surface area (Å²) in [6.45, 7) is 0. The summed E-state index contributed by atoms with van der Waals surface area (Å²) in [5.41, 5.74) is 5.95. The molecule has 2 rings (SSSR count). The Morgan fingerprint density at radius 2 is 1.91 bits per heavy atom. The lowest BCUT2D eigenvalue weighted by Gasteiger charge is -2.33. The Hall–Kier alpha value is -1.61. The zero-order valence-corrected chi connectivity index (χ0v) is 13.5. The second-order valence-corrected chi connectivity index (χ2v) is 6.38. The molecule has 0 fully saturated rings. The van der Waals surface area contributed by atoms with Gasteiger partial charge in [0.05, 0.1) is 0 Å². The van der Waals surface area contributed by atoms with Crippen molar-refractivity contribution in [1.29, 1.82) is 0 Å². The minimum atomic E-state index is -2.93. The average Bonchev–Trinajstić information content (AvgIpc) is 2.50. The monoisotopic (exact) mass is 385 g/mol. The van der Waals surface area contributed by atoms with E-state index in [2.05, 4.69) is 21.2 Å². The van der Waals surface area contributed by atoms with E-state index in [1.54, 1.807) is 18.2 Å². The van der Waals surface area contributed by atoms with Crippen LogP contribution >= 0.6 is 15.9 Å². The van der Waals surface area contributed by atoms with Gasteiger partial charge in [-0.05, 0) is 41.4 Å². The Morgan fingerprint density at radius 3 is 2.50 bits per heavy atom. The van der Waals surface area contributed by atoms with Crippen LogP contribution < -0.4 is 11.1 Å². The smallest absolute Gasteiger partial charge is 0.253 e. The molecule has 0 aromatic heterocycles. The molecule has 0 heterocycles. The number of hydrogen-bond acceptors (Lipinski definition) is 4. The van der Waals surface area contributed by atoms with Gasteiger partial charge >= 0.3 is 0 Å². The second-order valence-electron chi connectivity index (χ2n) is 4.41. The number of halogens is 2. The van der Waals surface area contributed by atoms with Crippen LogP contribution in [0.2, 0.25) is 0 Å². The van der Waals surface area contributed by atoms with Crippen LogP contribution in [-0.2, 0) is 16.1 Å². The van der Waals surface area contributed by atoms with E-state index in [4.69, 9.17) is 5.73 Å². The predicted molar refractivity (Wildman–Crippen MR) is 82.8 cm³/mol. The predicted octanol–water partition coefficient (Wildman–Crippen LogP) is 1.97. The minimum Gasteiger partial charge on any atom is -0.769 e. The minimum absolute atomic E-state index is 0.106. The normalized spacial score (nSPS) is 14.9. The summed E-state index contributed by atoms with van der Waals surface area (Å²) in [4.78, 5) is 9.89. The summed E-state index contributed by atoms with van der Waals surface area (Å²) < 4.78 is 36.8. The highest BCUT2D eigenvalue weighted by atomic mass is 79.9. The summed E-state index contributed by atoms with van der Waals surface area (Å²) in [6.07, 6.45) is 0. The Balaban J connectivity index is 2.43. The number of benzene rings is 2. The van der Waals surface area contributed by atoms with E-state index < -0.39 is 27.8 Å². The first-order valence-electron chi connectivity index (χ1n) is 6.06. The number of amides is 1. The lowest BCUT2D eigenvalue weighted by atomic mass is 10.1. The SMILES string of the molecule is NC(NC(=O)c1ccccc1)(c1cc(F)ccc1Br)S(=O)[O-]. The van der Waals surface area contributed by atoms with E-state index >= 15 is 0 Å². The number of nitrogens with two attached hydrogens (primary N) is 1. The summed E-state index contributed by atoms with van der Waals surface area (Å²) in [5.74, 6) is -1.36. The van der Waals surface area contributed by atoms with E-state index in [9.17, 15) is 17.9 Å². The third-order valence-electron chi connectivity index (χ3n) is 2.93. The van der Waals surface area contributed by atoms with Gasteiger partial charge in [0.1, 0.15) is 5.82 Å². The van der Waals surface area contributed by atoms with Crippen molar-refractivity contribution >= 4 is 32.9 Å². The van der Waals surface area contributed by atoms with Crippen LogP contribution in [0, 0.1) is 5.82 Å². The van der Waals surface area contributed by atoms with Crippen molar-refractivity contribution in [1.82, 2.24) is 5.32 Å². The van der Waals surface area contributed by atoms with E-state index in [-0.39, 0.29) is 15.6 Å². The van der Waals surface area contributed by atoms with Gasteiger partial charge in [-0.3, -0.25) is 14.7 Å². The molecule has 0 aliphatic heterocycles. The number of carbonyl (C=O) groups excluding carboxylic acids is 1. The topological polar surface area (TPSA) is 95.2 Å². The maximum atomic E-state index is 13.4. The number of nitrogens with one attached hydrogen (secondary N) is 1. The molecule has 3 N–H and O–H groups in total. The lowest BCUT2D eigenvalue weighted by Crippen LogP contribution is -2.56. The molecule has 2 atom stereocenters. The van der Waals surface area contributed by atoms with Gasteiger partial charge in [-0.2, -0.15) is 0 Å². The molecule has 22 heavy (non-hydrogen) atoms. The van der Waals surface area contributed by atoms with Crippen molar-refractivity contribution in [2.75, 3.05) is 0 Å². The third-order valence-corrected chi connectivity index (χ3v) is 4.47. The van der Waals surface area contributed by atoms with Gasteiger partial charge in [0, 0.05) is 15.6 Å². The van der Waals surface area contributed by atoms with Gasteiger partial charge < -0.3 is 9.87 Å². The van der Waals surface area contributed by atoms with Crippen molar-refractivity contribution in [2.24, 2.45) is 5.73 Å². The second kappa shape index (κ2) is 6.66. The molecule has 2 aromatic carbocycles. The summed E-state index contributed by atoms with van der Waals surface area (Å²) >= 11 is 0.176. The molecule has 2 unspecified atom stereocenters. The number of carbonyl (C=O) groups is 1. The molecule has 5 nitrogen and oxygen atoms in total. The zero-order valence-electron chi connectivity index (χ0n) is 11.1. The molecule has 0 aliphatic rings. The van der Waals surface area contributed by atoms with Crippen LogP contribution in [0.25, 0.3) is 0 Å². The van der Waals surface area contributed by atoms with Crippen molar-refractivity contribution in [3.05, 3.63) is 69.9 Å². The van der Waals surface area contributed by atoms with E-state index in [1.165, 1.54) is 18.2 Å². The van der Waals surface area contributed by atoms with Gasteiger partial charge in [-0.25, -0.2) is 4.39 Å². The molecular formula is C14H11BrFN2O3S-. The standard InChI is InChI=1S/C14H12BrFN2O3S/c15-12-7-6-10(16)8-11(12)14(17,22(20)21)18-13(19)9-4-2-1-3-5-9/h1-8H,17H2,(H,18,19)(H,20,21)/p-1. The highest BCUT2D eigenvalue weighted by Crippen LogP contribution is 2.28. The highest BCUT2D eigenvalue weighted by Gasteiger charge is 2.33. The fourth-order valence-corrected chi connectivity index (χ4v) is 3.03. The van der Waals surface area contributed by atoms with Crippen molar-refractivity contribution in [2.45, 2.75) is 4.99 Å². The maximum Gasteiger partial charge on any atom is 0.253 e. The highest BCUT2D eigenvalue weighted by molar-refractivity contribution is 9.10. The molecule has 0 saturated heterocycles. The van der Waals surface area contributed by atoms with E-state index in [0.717, 1.165) is 12.1 Å². The van der Waals surface area contributed by atoms with Crippen LogP contribution in [0.3, 0.4) is 0 Å². The Morgan fingerprint density at radius 1 is 1.27 bits per heavy atom. The fourth-order valence-electron chi connectivity index (χ4n) is 1.81. The van der Waals surface area contributed by atoms with Gasteiger partial charge in [0.2, 0.25) is 0 Å². The van der Waals surface area contributed by atoms with E-state index in [1.807, 2.05) is 0 Å². The molecule has 2 aromatic rings. The first-order valence-corrected chi connectivity index (χ1v) is 7.92. The summed E-state index contributed by atoms with van der Waals surface area (Å²) in [7, 11) is 0. The molecule has 0 spiro atoms. The van der Waals surface area contributed by atoms with Crippen LogP contribution in [0.1, 0.15) is 15.9 Å². The lowest BCUT2D eigenvalue weighted by molar-refractivity contribution is 0.0925. The largest absolute Gasteiger partial charge is 0.769 e. The van der Waals surface area contributed by atoms with Crippen LogP contribution in [-0.4, -0.2) is 14.7 Å². The third kappa shape index (κ3) is 3.41. The van der Waals surface area contributed by atoms with Gasteiger partial charge in [-0.15, -0.1) is 0 Å². The first kappa shape index (κ1) is 16.8. The number of rotatable bonds is 4. The van der Waals surface area contributed by atoms with Gasteiger partial charge in [0.15, 0.2) is 4.99 Å². The zero-order chi connectivity index (χ0) is 16.3. The van der Waals surface area contributed by atoms with Gasteiger partial charge in [-0.1, -0.05) is 34.1 Å². The Bertz CT molecular complexity index is 729. The summed E-state index contributed by atoms with van der Waals surface area (Å²) in [5, 5.41) is 2.22. The fraction of sp³-hybridized carbons (Fsp3) is 0.0714. The number of hydrogen-bond donors (Lipinski definition) is 2. The first-order chi connectivity index (χ1) is 10.3. The maximum absolute atomic E-state index is 13.4. The molecule has 0 bridgehead atoms. The molecule has 0 aliphatic carbocycles. The molecular weight excluding hydrogens is 375 g/mol. The summed E-state index contributed by atoms with van der Waals surface area (Å²) in [6, 6.07) is 11.4. The average molecular weight is 386 g/mol. The van der Waals surface area contributed by atoms with Crippen molar-refractivity contribution in [3.63, 3.8) is 0 Å². The Labute approximate surface area is 137 Å². The van der Waals surface area contributed by atoms with Crippen LogP contribution in [0.15, 0.2) is 53.0 Å². The molecule has 0 saturated carbocycles. The van der Waals surface area contributed by atoms with Crippen LogP contribution in [0.4, 0.5) is 4.39 Å².